The monoisotopic (exact) mass is 312 g/mol. The number of hydrogen-bond donors (Lipinski definition) is 2. The van der Waals surface area contributed by atoms with Crippen LogP contribution in [0.2, 0.25) is 0 Å². The predicted molar refractivity (Wildman–Crippen MR) is 84.1 cm³/mol. The smallest absolute Gasteiger partial charge is 0.267 e. The number of rotatable bonds is 5. The normalized spacial score (nSPS) is 13.6. The van der Waals surface area contributed by atoms with Crippen LogP contribution in [-0.2, 0) is 11.3 Å². The standard InChI is InChI=1S/C16H16N4O3/c17-16(23)11-3-1-2-4-13(11)18-14(21)9-20-15(22)8-7-12(19-20)10-5-6-10/h1-4,7-8,10H,5-6,9H2,(H2,17,23)(H,18,21). The van der Waals surface area contributed by atoms with Crippen LogP contribution in [0.1, 0.15) is 34.8 Å². The van der Waals surface area contributed by atoms with Crippen LogP contribution in [-0.4, -0.2) is 21.6 Å². The van der Waals surface area contributed by atoms with Crippen molar-refractivity contribution in [1.29, 1.82) is 0 Å². The number of primary amides is 1. The number of aromatic nitrogens is 2. The van der Waals surface area contributed by atoms with E-state index in [1.54, 1.807) is 24.3 Å². The number of benzene rings is 1. The van der Waals surface area contributed by atoms with Crippen molar-refractivity contribution < 1.29 is 9.59 Å². The first kappa shape index (κ1) is 15.0. The fourth-order valence-electron chi connectivity index (χ4n) is 2.31. The highest BCUT2D eigenvalue weighted by Crippen LogP contribution is 2.38. The van der Waals surface area contributed by atoms with E-state index >= 15 is 0 Å². The lowest BCUT2D eigenvalue weighted by molar-refractivity contribution is -0.117. The fourth-order valence-corrected chi connectivity index (χ4v) is 2.31. The van der Waals surface area contributed by atoms with Gasteiger partial charge in [0.1, 0.15) is 6.54 Å². The summed E-state index contributed by atoms with van der Waals surface area (Å²) in [6.45, 7) is -0.216. The molecule has 0 atom stereocenters. The second-order valence-corrected chi connectivity index (χ2v) is 5.49. The van der Waals surface area contributed by atoms with Crippen LogP contribution in [0.5, 0.6) is 0 Å². The maximum absolute atomic E-state index is 12.1. The molecule has 1 fully saturated rings. The van der Waals surface area contributed by atoms with E-state index in [0.29, 0.717) is 11.6 Å². The SMILES string of the molecule is NC(=O)c1ccccc1NC(=O)Cn1nc(C2CC2)ccc1=O. The minimum atomic E-state index is -0.632. The molecule has 0 radical (unpaired) electrons. The lowest BCUT2D eigenvalue weighted by atomic mass is 10.1. The molecule has 118 valence electrons. The summed E-state index contributed by atoms with van der Waals surface area (Å²) in [5.41, 5.74) is 6.29. The highest BCUT2D eigenvalue weighted by Gasteiger charge is 2.25. The summed E-state index contributed by atoms with van der Waals surface area (Å²) >= 11 is 0. The molecule has 1 heterocycles. The van der Waals surface area contributed by atoms with Crippen LogP contribution in [0.15, 0.2) is 41.2 Å². The number of nitrogens with two attached hydrogens (primary N) is 1. The van der Waals surface area contributed by atoms with Crippen molar-refractivity contribution in [3.8, 4) is 0 Å². The van der Waals surface area contributed by atoms with Crippen molar-refractivity contribution in [2.75, 3.05) is 5.32 Å². The molecule has 0 bridgehead atoms. The maximum atomic E-state index is 12.1. The molecule has 3 rings (SSSR count). The molecule has 1 aliphatic rings. The summed E-state index contributed by atoms with van der Waals surface area (Å²) in [5, 5.41) is 6.82. The molecular weight excluding hydrogens is 296 g/mol. The molecule has 7 heteroatoms. The van der Waals surface area contributed by atoms with Gasteiger partial charge in [0.2, 0.25) is 5.91 Å². The highest BCUT2D eigenvalue weighted by atomic mass is 16.2. The zero-order chi connectivity index (χ0) is 16.4. The van der Waals surface area contributed by atoms with Crippen LogP contribution >= 0.6 is 0 Å². The Labute approximate surface area is 132 Å². The molecule has 1 aromatic heterocycles. The van der Waals surface area contributed by atoms with Crippen molar-refractivity contribution in [2.24, 2.45) is 5.73 Å². The highest BCUT2D eigenvalue weighted by molar-refractivity contribution is 6.02. The van der Waals surface area contributed by atoms with Crippen molar-refractivity contribution in [1.82, 2.24) is 9.78 Å². The van der Waals surface area contributed by atoms with Crippen LogP contribution < -0.4 is 16.6 Å². The van der Waals surface area contributed by atoms with Gasteiger partial charge in [-0.05, 0) is 31.0 Å². The van der Waals surface area contributed by atoms with E-state index in [-0.39, 0.29) is 17.7 Å². The molecule has 3 N–H and O–H groups in total. The number of hydrogen-bond acceptors (Lipinski definition) is 4. The first-order chi connectivity index (χ1) is 11.0. The summed E-state index contributed by atoms with van der Waals surface area (Å²) in [6, 6.07) is 9.56. The number of amides is 2. The number of nitrogens with one attached hydrogen (secondary N) is 1. The molecule has 2 amide bonds. The Morgan fingerprint density at radius 1 is 1.22 bits per heavy atom. The van der Waals surface area contributed by atoms with Gasteiger partial charge in [-0.1, -0.05) is 12.1 Å². The maximum Gasteiger partial charge on any atom is 0.267 e. The van der Waals surface area contributed by atoms with Gasteiger partial charge >= 0.3 is 0 Å². The van der Waals surface area contributed by atoms with Gasteiger partial charge in [0, 0.05) is 12.0 Å². The number of anilines is 1. The summed E-state index contributed by atoms with van der Waals surface area (Å²) in [7, 11) is 0. The van der Waals surface area contributed by atoms with Crippen LogP contribution in [0, 0.1) is 0 Å². The largest absolute Gasteiger partial charge is 0.366 e. The van der Waals surface area contributed by atoms with Crippen molar-refractivity contribution in [2.45, 2.75) is 25.3 Å². The van der Waals surface area contributed by atoms with E-state index in [4.69, 9.17) is 5.73 Å². The molecule has 0 saturated heterocycles. The van der Waals surface area contributed by atoms with E-state index in [2.05, 4.69) is 10.4 Å². The quantitative estimate of drug-likeness (QED) is 0.853. The Balaban J connectivity index is 1.76. The Kier molecular flexibility index (Phi) is 3.92. The number of para-hydroxylation sites is 1. The molecule has 0 aliphatic heterocycles. The van der Waals surface area contributed by atoms with Crippen molar-refractivity contribution >= 4 is 17.5 Å². The Bertz CT molecular complexity index is 824. The van der Waals surface area contributed by atoms with Crippen molar-refractivity contribution in [3.05, 3.63) is 58.0 Å². The van der Waals surface area contributed by atoms with Gasteiger partial charge in [-0.25, -0.2) is 4.68 Å². The average molecular weight is 312 g/mol. The molecule has 7 nitrogen and oxygen atoms in total. The average Bonchev–Trinajstić information content (AvgIpc) is 3.34. The van der Waals surface area contributed by atoms with Gasteiger partial charge in [0.25, 0.3) is 11.5 Å². The Morgan fingerprint density at radius 3 is 2.65 bits per heavy atom. The number of carbonyl (C=O) groups is 2. The van der Waals surface area contributed by atoms with Gasteiger partial charge in [-0.3, -0.25) is 14.4 Å². The third-order valence-corrected chi connectivity index (χ3v) is 3.64. The van der Waals surface area contributed by atoms with E-state index in [0.717, 1.165) is 23.2 Å². The fraction of sp³-hybridized carbons (Fsp3) is 0.250. The lowest BCUT2D eigenvalue weighted by Crippen LogP contribution is -2.30. The topological polar surface area (TPSA) is 107 Å². The van der Waals surface area contributed by atoms with Crippen LogP contribution in [0.25, 0.3) is 0 Å². The Morgan fingerprint density at radius 2 is 1.96 bits per heavy atom. The summed E-state index contributed by atoms with van der Waals surface area (Å²) in [5.74, 6) is -0.686. The predicted octanol–water partition coefficient (Wildman–Crippen LogP) is 0.858. The number of carbonyl (C=O) groups excluding carboxylic acids is 2. The van der Waals surface area contributed by atoms with Gasteiger partial charge in [-0.15, -0.1) is 0 Å². The van der Waals surface area contributed by atoms with E-state index in [1.165, 1.54) is 12.1 Å². The van der Waals surface area contributed by atoms with E-state index < -0.39 is 11.8 Å². The molecule has 1 aliphatic carbocycles. The summed E-state index contributed by atoms with van der Waals surface area (Å²) < 4.78 is 1.13. The second kappa shape index (κ2) is 6.04. The number of nitrogens with zero attached hydrogens (tertiary/aromatic N) is 2. The third kappa shape index (κ3) is 3.45. The van der Waals surface area contributed by atoms with Crippen LogP contribution in [0.4, 0.5) is 5.69 Å². The summed E-state index contributed by atoms with van der Waals surface area (Å²) in [4.78, 5) is 35.3. The molecule has 2 aromatic rings. The van der Waals surface area contributed by atoms with Gasteiger partial charge in [-0.2, -0.15) is 5.10 Å². The van der Waals surface area contributed by atoms with Gasteiger partial charge < -0.3 is 11.1 Å². The summed E-state index contributed by atoms with van der Waals surface area (Å²) in [6.07, 6.45) is 2.12. The van der Waals surface area contributed by atoms with E-state index in [1.807, 2.05) is 0 Å². The minimum absolute atomic E-state index is 0.216. The van der Waals surface area contributed by atoms with Crippen molar-refractivity contribution in [3.63, 3.8) is 0 Å². The zero-order valence-electron chi connectivity index (χ0n) is 12.4. The first-order valence-electron chi connectivity index (χ1n) is 7.31. The second-order valence-electron chi connectivity index (χ2n) is 5.49. The van der Waals surface area contributed by atoms with Crippen LogP contribution in [0.3, 0.4) is 0 Å². The Hall–Kier alpha value is -2.96. The zero-order valence-corrected chi connectivity index (χ0v) is 12.4. The minimum Gasteiger partial charge on any atom is -0.366 e. The molecule has 1 saturated carbocycles. The third-order valence-electron chi connectivity index (χ3n) is 3.64. The lowest BCUT2D eigenvalue weighted by Gasteiger charge is -2.10. The van der Waals surface area contributed by atoms with E-state index in [9.17, 15) is 14.4 Å². The van der Waals surface area contributed by atoms with Gasteiger partial charge in [0.15, 0.2) is 0 Å². The molecule has 0 spiro atoms. The molecular formula is C16H16N4O3. The van der Waals surface area contributed by atoms with Gasteiger partial charge in [0.05, 0.1) is 16.9 Å². The molecule has 1 aromatic carbocycles. The first-order valence-corrected chi connectivity index (χ1v) is 7.31. The molecule has 0 unspecified atom stereocenters. The molecule has 23 heavy (non-hydrogen) atoms.